The fraction of sp³-hybridized carbons (Fsp3) is 0.300. The molecule has 1 aromatic heterocycles. The molecule has 1 aliphatic carbocycles. The number of nitrogens with zero attached hydrogens (tertiary/aromatic N) is 4. The Kier molecular flexibility index (Phi) is 8.89. The van der Waals surface area contributed by atoms with Crippen LogP contribution in [0.25, 0.3) is 29.2 Å². The van der Waals surface area contributed by atoms with E-state index >= 15 is 0 Å². The highest BCUT2D eigenvalue weighted by Crippen LogP contribution is 2.27. The molecule has 198 valence electrons. The molecule has 0 unspecified atom stereocenters. The minimum absolute atomic E-state index is 0.194. The topological polar surface area (TPSA) is 82.8 Å². The lowest BCUT2D eigenvalue weighted by Crippen LogP contribution is -2.39. The maximum Gasteiger partial charge on any atom is 0.237 e. The summed E-state index contributed by atoms with van der Waals surface area (Å²) < 4.78 is 18.6. The molecule has 8 heteroatoms. The van der Waals surface area contributed by atoms with Crippen LogP contribution in [0.2, 0.25) is 0 Å². The lowest BCUT2D eigenvalue weighted by Gasteiger charge is -2.20. The van der Waals surface area contributed by atoms with Gasteiger partial charge < -0.3 is 24.1 Å². The van der Waals surface area contributed by atoms with Crippen LogP contribution in [0.15, 0.2) is 59.7 Å². The molecule has 2 aromatic rings. The van der Waals surface area contributed by atoms with Crippen LogP contribution in [0.4, 0.5) is 11.4 Å². The van der Waals surface area contributed by atoms with Gasteiger partial charge in [0.25, 0.3) is 0 Å². The van der Waals surface area contributed by atoms with Crippen molar-refractivity contribution in [2.24, 2.45) is 4.99 Å². The Morgan fingerprint density at radius 3 is 2.34 bits per heavy atom. The summed E-state index contributed by atoms with van der Waals surface area (Å²) in [6.45, 7) is 6.98. The summed E-state index contributed by atoms with van der Waals surface area (Å²) in [4.78, 5) is 14.4. The number of benzene rings is 2. The van der Waals surface area contributed by atoms with Gasteiger partial charge in [0, 0.05) is 26.1 Å². The number of pyridine rings is 1. The molecule has 2 aliphatic rings. The van der Waals surface area contributed by atoms with E-state index in [2.05, 4.69) is 58.2 Å². The fourth-order valence-electron chi connectivity index (χ4n) is 4.43. The smallest absolute Gasteiger partial charge is 0.237 e. The molecule has 0 spiro atoms. The first-order valence-corrected chi connectivity index (χ1v) is 12.6. The SMILES string of the molecule is C/C=c1/nc2cc(Nc3cccnc3OC)/c(=N/C(COC)COC)cc-2n(-c2ccc(C)cc2)/c1=C/C. The van der Waals surface area contributed by atoms with E-state index < -0.39 is 0 Å². The first-order chi connectivity index (χ1) is 18.5. The zero-order chi connectivity index (χ0) is 27.1. The van der Waals surface area contributed by atoms with Crippen molar-refractivity contribution in [1.29, 1.82) is 0 Å². The van der Waals surface area contributed by atoms with Gasteiger partial charge in [0.05, 0.1) is 59.5 Å². The first kappa shape index (κ1) is 27.0. The number of anilines is 2. The Labute approximate surface area is 223 Å². The Balaban J connectivity index is 2.07. The number of fused-ring (bicyclic) bond motifs is 1. The van der Waals surface area contributed by atoms with Crippen molar-refractivity contribution in [2.75, 3.05) is 39.9 Å². The van der Waals surface area contributed by atoms with Crippen molar-refractivity contribution in [2.45, 2.75) is 26.8 Å². The summed E-state index contributed by atoms with van der Waals surface area (Å²) >= 11 is 0. The molecule has 0 fully saturated rings. The van der Waals surface area contributed by atoms with Crippen molar-refractivity contribution in [1.82, 2.24) is 14.5 Å². The second-order valence-electron chi connectivity index (χ2n) is 8.87. The lowest BCUT2D eigenvalue weighted by molar-refractivity contribution is 0.118. The van der Waals surface area contributed by atoms with Crippen molar-refractivity contribution in [3.05, 3.63) is 76.3 Å². The number of aryl methyl sites for hydroxylation is 1. The first-order valence-electron chi connectivity index (χ1n) is 12.6. The molecule has 0 atom stereocenters. The molecule has 0 saturated carbocycles. The molecule has 2 heterocycles. The van der Waals surface area contributed by atoms with E-state index in [-0.39, 0.29) is 6.04 Å². The lowest BCUT2D eigenvalue weighted by atomic mass is 10.1. The van der Waals surface area contributed by atoms with E-state index in [0.717, 1.165) is 44.5 Å². The molecule has 38 heavy (non-hydrogen) atoms. The second-order valence-corrected chi connectivity index (χ2v) is 8.87. The van der Waals surface area contributed by atoms with Crippen LogP contribution in [0.5, 0.6) is 5.88 Å². The van der Waals surface area contributed by atoms with Crippen molar-refractivity contribution >= 4 is 23.5 Å². The monoisotopic (exact) mass is 513 g/mol. The van der Waals surface area contributed by atoms with Gasteiger partial charge in [-0.25, -0.2) is 9.97 Å². The summed E-state index contributed by atoms with van der Waals surface area (Å²) in [6.07, 6.45) is 5.81. The van der Waals surface area contributed by atoms with Crippen LogP contribution in [-0.4, -0.2) is 55.1 Å². The highest BCUT2D eigenvalue weighted by Gasteiger charge is 2.17. The van der Waals surface area contributed by atoms with E-state index in [1.165, 1.54) is 5.56 Å². The highest BCUT2D eigenvalue weighted by atomic mass is 16.5. The number of hydrogen-bond donors (Lipinski definition) is 1. The average Bonchev–Trinajstić information content (AvgIpc) is 2.93. The van der Waals surface area contributed by atoms with E-state index in [1.807, 2.05) is 38.1 Å². The number of methoxy groups -OCH3 is 3. The van der Waals surface area contributed by atoms with Crippen LogP contribution in [-0.2, 0) is 9.47 Å². The van der Waals surface area contributed by atoms with Gasteiger partial charge in [-0.05, 0) is 57.2 Å². The number of aromatic nitrogens is 3. The Bertz CT molecular complexity index is 1540. The zero-order valence-corrected chi connectivity index (χ0v) is 22.9. The van der Waals surface area contributed by atoms with Crippen LogP contribution in [0.3, 0.4) is 0 Å². The van der Waals surface area contributed by atoms with Gasteiger partial charge in [-0.3, -0.25) is 4.99 Å². The van der Waals surface area contributed by atoms with Gasteiger partial charge in [0.1, 0.15) is 5.69 Å². The molecule has 1 N–H and O–H groups in total. The quantitative estimate of drug-likeness (QED) is 0.368. The minimum atomic E-state index is -0.194. The molecule has 4 rings (SSSR count). The third-order valence-corrected chi connectivity index (χ3v) is 6.19. The molecule has 0 saturated heterocycles. The number of ether oxygens (including phenoxy) is 3. The maximum atomic E-state index is 5.48. The third-order valence-electron chi connectivity index (χ3n) is 6.19. The molecule has 0 amide bonds. The van der Waals surface area contributed by atoms with Crippen LogP contribution >= 0.6 is 0 Å². The molecule has 8 nitrogen and oxygen atoms in total. The van der Waals surface area contributed by atoms with Gasteiger partial charge in [0.2, 0.25) is 5.88 Å². The number of rotatable bonds is 9. The summed E-state index contributed by atoms with van der Waals surface area (Å²) in [5, 5.41) is 6.13. The van der Waals surface area contributed by atoms with E-state index in [9.17, 15) is 0 Å². The predicted molar refractivity (Wildman–Crippen MR) is 152 cm³/mol. The molecular formula is C30H35N5O3. The van der Waals surface area contributed by atoms with Crippen LogP contribution in [0.1, 0.15) is 19.4 Å². The van der Waals surface area contributed by atoms with Gasteiger partial charge in [0.15, 0.2) is 0 Å². The Morgan fingerprint density at radius 2 is 1.71 bits per heavy atom. The average molecular weight is 514 g/mol. The Hall–Kier alpha value is -4.01. The maximum absolute atomic E-state index is 5.48. The summed E-state index contributed by atoms with van der Waals surface area (Å²) in [5.74, 6) is 0.491. The van der Waals surface area contributed by atoms with Crippen molar-refractivity contribution in [3.8, 4) is 23.0 Å². The summed E-state index contributed by atoms with van der Waals surface area (Å²) in [6, 6.07) is 16.2. The molecule has 0 bridgehead atoms. The normalized spacial score (nSPS) is 13.1. The second kappa shape index (κ2) is 12.5. The van der Waals surface area contributed by atoms with Crippen molar-refractivity contribution in [3.63, 3.8) is 0 Å². The zero-order valence-electron chi connectivity index (χ0n) is 22.9. The summed E-state index contributed by atoms with van der Waals surface area (Å²) in [7, 11) is 4.93. The largest absolute Gasteiger partial charge is 0.480 e. The molecular weight excluding hydrogens is 478 g/mol. The highest BCUT2D eigenvalue weighted by molar-refractivity contribution is 5.71. The molecule has 1 aliphatic heterocycles. The Morgan fingerprint density at radius 1 is 0.974 bits per heavy atom. The van der Waals surface area contributed by atoms with E-state index in [1.54, 1.807) is 27.5 Å². The van der Waals surface area contributed by atoms with Crippen LogP contribution in [0, 0.1) is 6.92 Å². The predicted octanol–water partition coefficient (Wildman–Crippen LogP) is 3.60. The van der Waals surface area contributed by atoms with Crippen molar-refractivity contribution < 1.29 is 14.2 Å². The van der Waals surface area contributed by atoms with Gasteiger partial charge in [-0.15, -0.1) is 0 Å². The van der Waals surface area contributed by atoms with Gasteiger partial charge in [-0.1, -0.05) is 29.8 Å². The summed E-state index contributed by atoms with van der Waals surface area (Å²) in [5.41, 5.74) is 5.51. The fourth-order valence-corrected chi connectivity index (χ4v) is 4.43. The van der Waals surface area contributed by atoms with Crippen LogP contribution < -0.4 is 26.1 Å². The van der Waals surface area contributed by atoms with E-state index in [4.69, 9.17) is 24.2 Å². The molecule has 0 radical (unpaired) electrons. The third kappa shape index (κ3) is 5.77. The van der Waals surface area contributed by atoms with Gasteiger partial charge in [-0.2, -0.15) is 0 Å². The number of nitrogens with one attached hydrogen (secondary N) is 1. The standard InChI is InChI=1S/C30H35N5O3/c1-7-23-28(8-2)35(22-13-11-20(3)12-14-22)29-17-26(32-21(18-36-4)19-37-5)25(16-27(29)33-23)34-24-10-9-15-31-30(24)38-6/h7-17,21,34H,18-19H2,1-6H3/b23-7+,28-8+,32-26+. The minimum Gasteiger partial charge on any atom is -0.480 e. The number of hydrogen-bond acceptors (Lipinski definition) is 7. The molecule has 1 aromatic carbocycles. The van der Waals surface area contributed by atoms with Gasteiger partial charge >= 0.3 is 0 Å². The van der Waals surface area contributed by atoms with E-state index in [0.29, 0.717) is 19.1 Å².